The lowest BCUT2D eigenvalue weighted by molar-refractivity contribution is -0.143. The van der Waals surface area contributed by atoms with E-state index in [-0.39, 0.29) is 9.90 Å². The summed E-state index contributed by atoms with van der Waals surface area (Å²) in [7, 11) is 0. The molecule has 1 aromatic heterocycles. The van der Waals surface area contributed by atoms with E-state index in [9.17, 15) is 18.8 Å². The number of carbonyl (C=O) groups excluding carboxylic acids is 3. The molecule has 6 nitrogen and oxygen atoms in total. The fraction of sp³-hybridized carbons (Fsp3) is 0.353. The van der Waals surface area contributed by atoms with Gasteiger partial charge in [-0.3, -0.25) is 9.59 Å². The van der Waals surface area contributed by atoms with Crippen molar-refractivity contribution in [1.82, 2.24) is 4.90 Å². The Balaban J connectivity index is 1.69. The SMILES string of the molecule is NC(=O)[C@@H]1CCCCN1C(=O)COC(=O)c1sc2cc(F)ccc2c1Cl. The van der Waals surface area contributed by atoms with E-state index in [1.807, 2.05) is 0 Å². The van der Waals surface area contributed by atoms with E-state index in [0.29, 0.717) is 23.1 Å². The van der Waals surface area contributed by atoms with Crippen LogP contribution in [0.1, 0.15) is 28.9 Å². The minimum absolute atomic E-state index is 0.102. The average Bonchev–Trinajstić information content (AvgIpc) is 2.95. The molecular weight excluding hydrogens is 383 g/mol. The topological polar surface area (TPSA) is 89.7 Å². The van der Waals surface area contributed by atoms with Gasteiger partial charge < -0.3 is 15.4 Å². The molecule has 9 heteroatoms. The summed E-state index contributed by atoms with van der Waals surface area (Å²) in [4.78, 5) is 37.5. The highest BCUT2D eigenvalue weighted by Gasteiger charge is 2.31. The standard InChI is InChI=1S/C17H16ClFN2O4S/c18-14-10-5-4-9(19)7-12(10)26-15(14)17(24)25-8-13(22)21-6-2-1-3-11(21)16(20)23/h4-5,7,11H,1-3,6,8H2,(H2,20,23)/t11-/m0/s1. The molecule has 1 fully saturated rings. The summed E-state index contributed by atoms with van der Waals surface area (Å²) >= 11 is 7.16. The van der Waals surface area contributed by atoms with Crippen LogP contribution in [0.2, 0.25) is 5.02 Å². The Morgan fingerprint density at radius 2 is 2.12 bits per heavy atom. The quantitative estimate of drug-likeness (QED) is 0.802. The number of likely N-dealkylation sites (tertiary alicyclic amines) is 1. The third kappa shape index (κ3) is 3.66. The number of rotatable bonds is 4. The molecule has 0 unspecified atom stereocenters. The van der Waals surface area contributed by atoms with Crippen LogP contribution in [-0.4, -0.2) is 41.9 Å². The van der Waals surface area contributed by atoms with Crippen molar-refractivity contribution in [2.24, 2.45) is 5.73 Å². The van der Waals surface area contributed by atoms with Crippen molar-refractivity contribution in [1.29, 1.82) is 0 Å². The third-order valence-electron chi connectivity index (χ3n) is 4.26. The Morgan fingerprint density at radius 3 is 2.85 bits per heavy atom. The molecule has 1 aliphatic rings. The zero-order valence-corrected chi connectivity index (χ0v) is 15.2. The Kier molecular flexibility index (Phi) is 5.43. The van der Waals surface area contributed by atoms with Crippen LogP contribution in [0.3, 0.4) is 0 Å². The number of primary amides is 1. The van der Waals surface area contributed by atoms with Gasteiger partial charge in [0.05, 0.1) is 5.02 Å². The molecule has 1 saturated heterocycles. The van der Waals surface area contributed by atoms with Gasteiger partial charge in [0.15, 0.2) is 6.61 Å². The third-order valence-corrected chi connectivity index (χ3v) is 5.89. The lowest BCUT2D eigenvalue weighted by atomic mass is 10.0. The first-order valence-electron chi connectivity index (χ1n) is 8.02. The van der Waals surface area contributed by atoms with Gasteiger partial charge in [0.1, 0.15) is 16.7 Å². The van der Waals surface area contributed by atoms with E-state index in [4.69, 9.17) is 22.1 Å². The first-order valence-corrected chi connectivity index (χ1v) is 9.21. The molecule has 0 radical (unpaired) electrons. The van der Waals surface area contributed by atoms with Crippen molar-refractivity contribution in [2.45, 2.75) is 25.3 Å². The molecule has 2 N–H and O–H groups in total. The van der Waals surface area contributed by atoms with Crippen LogP contribution in [0.15, 0.2) is 18.2 Å². The summed E-state index contributed by atoms with van der Waals surface area (Å²) in [6.45, 7) is -0.117. The number of esters is 1. The van der Waals surface area contributed by atoms with Crippen molar-refractivity contribution >= 4 is 50.8 Å². The van der Waals surface area contributed by atoms with Gasteiger partial charge in [0, 0.05) is 16.6 Å². The first-order chi connectivity index (χ1) is 12.4. The summed E-state index contributed by atoms with van der Waals surface area (Å²) in [5, 5.41) is 0.705. The van der Waals surface area contributed by atoms with Gasteiger partial charge in [0.25, 0.3) is 5.91 Å². The minimum Gasteiger partial charge on any atom is -0.451 e. The van der Waals surface area contributed by atoms with Crippen molar-refractivity contribution in [3.63, 3.8) is 0 Å². The predicted molar refractivity (Wildman–Crippen MR) is 95.6 cm³/mol. The Morgan fingerprint density at radius 1 is 1.35 bits per heavy atom. The summed E-state index contributed by atoms with van der Waals surface area (Å²) in [5.74, 6) is -2.25. The van der Waals surface area contributed by atoms with E-state index < -0.39 is 36.2 Å². The second-order valence-electron chi connectivity index (χ2n) is 5.96. The number of hydrogen-bond donors (Lipinski definition) is 1. The molecule has 26 heavy (non-hydrogen) atoms. The largest absolute Gasteiger partial charge is 0.451 e. The second kappa shape index (κ2) is 7.59. The number of benzene rings is 1. The molecule has 0 bridgehead atoms. The highest BCUT2D eigenvalue weighted by molar-refractivity contribution is 7.21. The van der Waals surface area contributed by atoms with Crippen LogP contribution in [-0.2, 0) is 14.3 Å². The van der Waals surface area contributed by atoms with E-state index in [1.54, 1.807) is 0 Å². The van der Waals surface area contributed by atoms with E-state index >= 15 is 0 Å². The number of piperidine rings is 1. The highest BCUT2D eigenvalue weighted by atomic mass is 35.5. The van der Waals surface area contributed by atoms with Crippen LogP contribution in [0.4, 0.5) is 4.39 Å². The van der Waals surface area contributed by atoms with E-state index in [2.05, 4.69) is 0 Å². The maximum absolute atomic E-state index is 13.3. The molecule has 2 heterocycles. The fourth-order valence-electron chi connectivity index (χ4n) is 2.97. The van der Waals surface area contributed by atoms with Gasteiger partial charge in [-0.15, -0.1) is 11.3 Å². The smallest absolute Gasteiger partial charge is 0.350 e. The van der Waals surface area contributed by atoms with Crippen molar-refractivity contribution in [3.8, 4) is 0 Å². The maximum atomic E-state index is 13.3. The summed E-state index contributed by atoms with van der Waals surface area (Å²) in [5.41, 5.74) is 5.33. The van der Waals surface area contributed by atoms with Gasteiger partial charge in [-0.2, -0.15) is 0 Å². The lowest BCUT2D eigenvalue weighted by Crippen LogP contribution is -2.51. The maximum Gasteiger partial charge on any atom is 0.350 e. The van der Waals surface area contributed by atoms with Gasteiger partial charge in [-0.05, 0) is 37.5 Å². The molecule has 1 aromatic carbocycles. The van der Waals surface area contributed by atoms with Gasteiger partial charge >= 0.3 is 5.97 Å². The zero-order valence-electron chi connectivity index (χ0n) is 13.7. The molecule has 1 atom stereocenters. The number of halogens is 2. The number of hydrogen-bond acceptors (Lipinski definition) is 5. The molecule has 1 aliphatic heterocycles. The van der Waals surface area contributed by atoms with Crippen LogP contribution < -0.4 is 5.73 Å². The number of nitrogens with two attached hydrogens (primary N) is 1. The normalized spacial score (nSPS) is 17.3. The van der Waals surface area contributed by atoms with Crippen molar-refractivity contribution in [3.05, 3.63) is 33.9 Å². The number of ether oxygens (including phenoxy) is 1. The lowest BCUT2D eigenvalue weighted by Gasteiger charge is -2.33. The Bertz CT molecular complexity index is 885. The molecule has 0 spiro atoms. The predicted octanol–water partition coefficient (Wildman–Crippen LogP) is 2.72. The number of thiophene rings is 1. The molecule has 2 aromatic rings. The van der Waals surface area contributed by atoms with E-state index in [0.717, 1.165) is 24.2 Å². The number of amides is 2. The van der Waals surface area contributed by atoms with Gasteiger partial charge in [-0.1, -0.05) is 11.6 Å². The van der Waals surface area contributed by atoms with Crippen molar-refractivity contribution in [2.75, 3.05) is 13.2 Å². The Labute approximate surface area is 157 Å². The number of fused-ring (bicyclic) bond motifs is 1. The van der Waals surface area contributed by atoms with Crippen molar-refractivity contribution < 1.29 is 23.5 Å². The highest BCUT2D eigenvalue weighted by Crippen LogP contribution is 2.36. The van der Waals surface area contributed by atoms with Crippen LogP contribution in [0, 0.1) is 5.82 Å². The molecule has 0 saturated carbocycles. The van der Waals surface area contributed by atoms with E-state index in [1.165, 1.54) is 23.1 Å². The number of carbonyl (C=O) groups is 3. The minimum atomic E-state index is -0.766. The molecule has 2 amide bonds. The van der Waals surface area contributed by atoms with Crippen LogP contribution in [0.5, 0.6) is 0 Å². The molecular formula is C17H16ClFN2O4S. The fourth-order valence-corrected chi connectivity index (χ4v) is 4.40. The zero-order chi connectivity index (χ0) is 18.8. The van der Waals surface area contributed by atoms with Crippen LogP contribution >= 0.6 is 22.9 Å². The summed E-state index contributed by atoms with van der Waals surface area (Å²) in [6.07, 6.45) is 2.07. The van der Waals surface area contributed by atoms with Crippen LogP contribution in [0.25, 0.3) is 10.1 Å². The Hall–Kier alpha value is -2.19. The first kappa shape index (κ1) is 18.6. The second-order valence-corrected chi connectivity index (χ2v) is 7.39. The summed E-state index contributed by atoms with van der Waals surface area (Å²) in [6, 6.07) is 3.33. The number of nitrogens with zero attached hydrogens (tertiary/aromatic N) is 1. The van der Waals surface area contributed by atoms with Gasteiger partial charge in [-0.25, -0.2) is 9.18 Å². The molecule has 3 rings (SSSR count). The average molecular weight is 399 g/mol. The molecule has 138 valence electrons. The summed E-state index contributed by atoms with van der Waals surface area (Å²) < 4.78 is 18.9. The van der Waals surface area contributed by atoms with Gasteiger partial charge in [0.2, 0.25) is 5.91 Å². The molecule has 0 aliphatic carbocycles. The monoisotopic (exact) mass is 398 g/mol.